The van der Waals surface area contributed by atoms with Crippen LogP contribution in [-0.4, -0.2) is 46.2 Å². The van der Waals surface area contributed by atoms with Gasteiger partial charge in [-0.2, -0.15) is 0 Å². The van der Waals surface area contributed by atoms with Gasteiger partial charge in [0, 0.05) is 41.0 Å². The number of pyridine rings is 1. The van der Waals surface area contributed by atoms with Crippen molar-refractivity contribution in [2.24, 2.45) is 9.98 Å². The van der Waals surface area contributed by atoms with E-state index in [1.54, 1.807) is 0 Å². The highest BCUT2D eigenvalue weighted by Crippen LogP contribution is 2.29. The molecule has 5 heterocycles. The average molecular weight is 398 g/mol. The number of imidazole rings is 1. The van der Waals surface area contributed by atoms with Crippen LogP contribution in [0.4, 0.5) is 0 Å². The Bertz CT molecular complexity index is 1320. The third-order valence-corrected chi connectivity index (χ3v) is 5.59. The van der Waals surface area contributed by atoms with Crippen molar-refractivity contribution in [1.82, 2.24) is 20.0 Å². The van der Waals surface area contributed by atoms with E-state index >= 15 is 0 Å². The molecule has 4 aromatic rings. The Morgan fingerprint density at radius 1 is 0.933 bits per heavy atom. The summed E-state index contributed by atoms with van der Waals surface area (Å²) in [6.07, 6.45) is 4.02. The van der Waals surface area contributed by atoms with Gasteiger partial charge in [0.25, 0.3) is 0 Å². The lowest BCUT2D eigenvalue weighted by atomic mass is 10.1. The van der Waals surface area contributed by atoms with Gasteiger partial charge in [0.15, 0.2) is 0 Å². The minimum absolute atomic E-state index is 0.356. The third kappa shape index (κ3) is 2.85. The molecule has 1 aromatic carbocycles. The van der Waals surface area contributed by atoms with Gasteiger partial charge >= 0.3 is 0 Å². The van der Waals surface area contributed by atoms with Gasteiger partial charge in [0.1, 0.15) is 34.4 Å². The fraction of sp³-hybridized carbons (Fsp3) is 0.261. The van der Waals surface area contributed by atoms with Gasteiger partial charge in [0.2, 0.25) is 0 Å². The average Bonchev–Trinajstić information content (AvgIpc) is 3.52. The van der Waals surface area contributed by atoms with E-state index in [4.69, 9.17) is 9.40 Å². The SMILES string of the molecule is CC1CN=C(c2ccc3cc(-c4ccn5cc(C6=NCC(C)N6)nc5c4)oc3c2)N1. The quantitative estimate of drug-likeness (QED) is 0.555. The summed E-state index contributed by atoms with van der Waals surface area (Å²) in [4.78, 5) is 13.9. The zero-order valence-corrected chi connectivity index (χ0v) is 16.9. The number of amidine groups is 2. The molecular formula is C23H22N6O. The second kappa shape index (κ2) is 6.45. The van der Waals surface area contributed by atoms with Crippen LogP contribution >= 0.6 is 0 Å². The Labute approximate surface area is 173 Å². The van der Waals surface area contributed by atoms with Gasteiger partial charge in [-0.05, 0) is 38.1 Å². The summed E-state index contributed by atoms with van der Waals surface area (Å²) in [6, 6.07) is 13.1. The molecule has 6 rings (SSSR count). The maximum Gasteiger partial charge on any atom is 0.149 e. The predicted octanol–water partition coefficient (Wildman–Crippen LogP) is 3.22. The maximum atomic E-state index is 6.19. The zero-order chi connectivity index (χ0) is 20.2. The van der Waals surface area contributed by atoms with Gasteiger partial charge in [-0.15, -0.1) is 0 Å². The molecule has 7 heteroatoms. The topological polar surface area (TPSA) is 79.2 Å². The van der Waals surface area contributed by atoms with Crippen molar-refractivity contribution < 1.29 is 4.42 Å². The van der Waals surface area contributed by atoms with Crippen LogP contribution in [0.2, 0.25) is 0 Å². The smallest absolute Gasteiger partial charge is 0.149 e. The molecule has 3 aromatic heterocycles. The number of benzene rings is 1. The Morgan fingerprint density at radius 3 is 2.50 bits per heavy atom. The van der Waals surface area contributed by atoms with E-state index in [-0.39, 0.29) is 0 Å². The molecule has 0 spiro atoms. The molecule has 0 radical (unpaired) electrons. The highest BCUT2D eigenvalue weighted by atomic mass is 16.3. The maximum absolute atomic E-state index is 6.19. The second-order valence-electron chi connectivity index (χ2n) is 8.14. The number of furan rings is 1. The van der Waals surface area contributed by atoms with Crippen molar-refractivity contribution in [3.8, 4) is 11.3 Å². The Morgan fingerprint density at radius 2 is 1.73 bits per heavy atom. The molecule has 0 fully saturated rings. The predicted molar refractivity (Wildman–Crippen MR) is 118 cm³/mol. The summed E-state index contributed by atoms with van der Waals surface area (Å²) in [6.45, 7) is 5.85. The lowest BCUT2D eigenvalue weighted by molar-refractivity contribution is 0.631. The molecule has 2 atom stereocenters. The highest BCUT2D eigenvalue weighted by Gasteiger charge is 2.18. The number of nitrogens with one attached hydrogen (secondary N) is 2. The molecule has 7 nitrogen and oxygen atoms in total. The summed E-state index contributed by atoms with van der Waals surface area (Å²) < 4.78 is 8.21. The van der Waals surface area contributed by atoms with Crippen LogP contribution in [0.1, 0.15) is 25.1 Å². The minimum atomic E-state index is 0.356. The first kappa shape index (κ1) is 17.3. The van der Waals surface area contributed by atoms with Gasteiger partial charge < -0.3 is 19.5 Å². The summed E-state index contributed by atoms with van der Waals surface area (Å²) >= 11 is 0. The number of fused-ring (bicyclic) bond motifs is 2. The van der Waals surface area contributed by atoms with E-state index in [9.17, 15) is 0 Å². The standard InChI is InChI=1S/C23H22N6O/c1-13-10-24-22(26-13)17-4-3-15-7-19(30-20(15)8-17)16-5-6-29-12-18(28-21(29)9-16)23-25-11-14(2)27-23/h3-9,12-14H,10-11H2,1-2H3,(H,24,26)(H,25,27). The lowest BCUT2D eigenvalue weighted by Crippen LogP contribution is -2.27. The molecule has 150 valence electrons. The summed E-state index contributed by atoms with van der Waals surface area (Å²) in [5, 5.41) is 7.84. The molecule has 0 saturated heterocycles. The van der Waals surface area contributed by atoms with Crippen LogP contribution in [0.25, 0.3) is 27.9 Å². The molecule has 2 aliphatic heterocycles. The molecule has 2 unspecified atom stereocenters. The van der Waals surface area contributed by atoms with Crippen LogP contribution in [0.15, 0.2) is 63.2 Å². The summed E-state index contributed by atoms with van der Waals surface area (Å²) in [5.41, 5.74) is 4.64. The van der Waals surface area contributed by atoms with E-state index in [1.165, 1.54) is 0 Å². The van der Waals surface area contributed by atoms with Crippen molar-refractivity contribution >= 4 is 28.3 Å². The molecule has 30 heavy (non-hydrogen) atoms. The monoisotopic (exact) mass is 398 g/mol. The van der Waals surface area contributed by atoms with Crippen LogP contribution in [0.5, 0.6) is 0 Å². The molecule has 2 aliphatic rings. The summed E-state index contributed by atoms with van der Waals surface area (Å²) in [7, 11) is 0. The van der Waals surface area contributed by atoms with E-state index in [2.05, 4.69) is 58.7 Å². The second-order valence-corrected chi connectivity index (χ2v) is 8.14. The molecule has 0 bridgehead atoms. The van der Waals surface area contributed by atoms with Crippen molar-refractivity contribution in [1.29, 1.82) is 0 Å². The zero-order valence-electron chi connectivity index (χ0n) is 16.9. The van der Waals surface area contributed by atoms with E-state index in [1.807, 2.05) is 28.9 Å². The van der Waals surface area contributed by atoms with Crippen molar-refractivity contribution in [3.05, 3.63) is 60.0 Å². The van der Waals surface area contributed by atoms with Gasteiger partial charge in [-0.1, -0.05) is 12.1 Å². The van der Waals surface area contributed by atoms with Gasteiger partial charge in [-0.25, -0.2) is 4.98 Å². The first-order valence-electron chi connectivity index (χ1n) is 10.3. The fourth-order valence-electron chi connectivity index (χ4n) is 4.01. The van der Waals surface area contributed by atoms with E-state index in [0.29, 0.717) is 12.1 Å². The lowest BCUT2D eigenvalue weighted by Gasteiger charge is -2.05. The molecule has 0 amide bonds. The Kier molecular flexibility index (Phi) is 3.71. The van der Waals surface area contributed by atoms with Crippen LogP contribution < -0.4 is 10.6 Å². The highest BCUT2D eigenvalue weighted by molar-refractivity contribution is 6.02. The first-order chi connectivity index (χ1) is 14.6. The number of hydrogen-bond acceptors (Lipinski definition) is 6. The summed E-state index contributed by atoms with van der Waals surface area (Å²) in [5.74, 6) is 2.63. The van der Waals surface area contributed by atoms with Crippen molar-refractivity contribution in [2.45, 2.75) is 25.9 Å². The van der Waals surface area contributed by atoms with Gasteiger partial charge in [0.05, 0.1) is 13.1 Å². The van der Waals surface area contributed by atoms with Crippen LogP contribution in [-0.2, 0) is 0 Å². The number of aliphatic imine (C=N–C) groups is 2. The first-order valence-corrected chi connectivity index (χ1v) is 10.3. The molecule has 0 aliphatic carbocycles. The Balaban J connectivity index is 1.35. The van der Waals surface area contributed by atoms with Crippen molar-refractivity contribution in [2.75, 3.05) is 13.1 Å². The third-order valence-electron chi connectivity index (χ3n) is 5.59. The molecule has 0 saturated carbocycles. The van der Waals surface area contributed by atoms with E-state index < -0.39 is 0 Å². The number of rotatable bonds is 3. The largest absolute Gasteiger partial charge is 0.456 e. The molecule has 2 N–H and O–H groups in total. The van der Waals surface area contributed by atoms with E-state index in [0.717, 1.165) is 64.0 Å². The Hall–Kier alpha value is -3.61. The number of aromatic nitrogens is 2. The molecular weight excluding hydrogens is 376 g/mol. The fourth-order valence-corrected chi connectivity index (χ4v) is 4.01. The van der Waals surface area contributed by atoms with Gasteiger partial charge in [-0.3, -0.25) is 9.98 Å². The number of nitrogens with zero attached hydrogens (tertiary/aromatic N) is 4. The van der Waals surface area contributed by atoms with Crippen LogP contribution in [0, 0.1) is 0 Å². The normalized spacial score (nSPS) is 21.0. The minimum Gasteiger partial charge on any atom is -0.456 e. The number of hydrogen-bond donors (Lipinski definition) is 2. The van der Waals surface area contributed by atoms with Crippen LogP contribution in [0.3, 0.4) is 0 Å². The van der Waals surface area contributed by atoms with Crippen molar-refractivity contribution in [3.63, 3.8) is 0 Å².